The van der Waals surface area contributed by atoms with E-state index in [0.29, 0.717) is 0 Å². The fraction of sp³-hybridized carbons (Fsp3) is 1.00. The second-order valence-corrected chi connectivity index (χ2v) is 6.35. The Morgan fingerprint density at radius 2 is 1.93 bits per heavy atom. The van der Waals surface area contributed by atoms with Crippen molar-refractivity contribution < 1.29 is 0 Å². The topological polar surface area (TPSA) is 3.24 Å². The largest absolute Gasteiger partial charge is 0.300 e. The molecule has 0 amide bonds. The van der Waals surface area contributed by atoms with E-state index in [0.717, 1.165) is 23.8 Å². The monoisotopic (exact) mass is 209 g/mol. The van der Waals surface area contributed by atoms with Crippen molar-refractivity contribution in [3.63, 3.8) is 0 Å². The van der Waals surface area contributed by atoms with Crippen LogP contribution in [0.5, 0.6) is 0 Å². The number of rotatable bonds is 4. The number of hydrogen-bond acceptors (Lipinski definition) is 1. The summed E-state index contributed by atoms with van der Waals surface area (Å²) < 4.78 is 0. The molecule has 0 bridgehead atoms. The van der Waals surface area contributed by atoms with E-state index in [-0.39, 0.29) is 0 Å². The van der Waals surface area contributed by atoms with Crippen LogP contribution in [0.4, 0.5) is 0 Å². The first-order valence-electron chi connectivity index (χ1n) is 6.89. The zero-order valence-corrected chi connectivity index (χ0v) is 10.7. The summed E-state index contributed by atoms with van der Waals surface area (Å²) in [7, 11) is 0. The highest BCUT2D eigenvalue weighted by molar-refractivity contribution is 4.85. The van der Waals surface area contributed by atoms with Gasteiger partial charge in [-0.15, -0.1) is 0 Å². The summed E-state index contributed by atoms with van der Waals surface area (Å²) in [5, 5.41) is 0. The molecule has 1 aliphatic carbocycles. The predicted octanol–water partition coefficient (Wildman–Crippen LogP) is 3.54. The van der Waals surface area contributed by atoms with Crippen LogP contribution >= 0.6 is 0 Å². The van der Waals surface area contributed by atoms with Crippen LogP contribution in [0.1, 0.15) is 52.9 Å². The molecule has 1 heterocycles. The van der Waals surface area contributed by atoms with E-state index in [1.165, 1.54) is 45.2 Å². The predicted molar refractivity (Wildman–Crippen MR) is 65.9 cm³/mol. The Labute approximate surface area is 95.2 Å². The van der Waals surface area contributed by atoms with Gasteiger partial charge in [0.05, 0.1) is 0 Å². The molecule has 15 heavy (non-hydrogen) atoms. The average molecular weight is 209 g/mol. The van der Waals surface area contributed by atoms with Gasteiger partial charge in [0.25, 0.3) is 0 Å². The van der Waals surface area contributed by atoms with Crippen molar-refractivity contribution in [3.8, 4) is 0 Å². The summed E-state index contributed by atoms with van der Waals surface area (Å²) in [4.78, 5) is 2.80. The molecule has 1 aliphatic heterocycles. The van der Waals surface area contributed by atoms with Crippen LogP contribution in [0, 0.1) is 17.8 Å². The van der Waals surface area contributed by atoms with E-state index in [1.807, 2.05) is 0 Å². The molecule has 0 radical (unpaired) electrons. The molecule has 0 spiro atoms. The first-order valence-corrected chi connectivity index (χ1v) is 6.89. The third-order valence-corrected chi connectivity index (χ3v) is 4.03. The van der Waals surface area contributed by atoms with Crippen molar-refractivity contribution in [2.24, 2.45) is 17.8 Å². The highest BCUT2D eigenvalue weighted by atomic mass is 15.2. The van der Waals surface area contributed by atoms with Crippen LogP contribution in [-0.4, -0.2) is 24.0 Å². The first kappa shape index (κ1) is 11.4. The van der Waals surface area contributed by atoms with E-state index < -0.39 is 0 Å². The molecule has 88 valence electrons. The second kappa shape index (κ2) is 4.86. The zero-order valence-electron chi connectivity index (χ0n) is 10.7. The Kier molecular flexibility index (Phi) is 3.71. The Balaban J connectivity index is 1.86. The van der Waals surface area contributed by atoms with Crippen LogP contribution in [0.15, 0.2) is 0 Å². The third-order valence-electron chi connectivity index (χ3n) is 4.03. The maximum atomic E-state index is 2.80. The third kappa shape index (κ3) is 3.48. The lowest BCUT2D eigenvalue weighted by Gasteiger charge is -2.39. The summed E-state index contributed by atoms with van der Waals surface area (Å²) >= 11 is 0. The standard InChI is InChI=1S/C14H27N/c1-11(2)8-14-9-12(3)6-7-15(14)10-13-4-5-13/h11-14H,4-10H2,1-3H3. The van der Waals surface area contributed by atoms with Gasteiger partial charge in [-0.25, -0.2) is 0 Å². The molecule has 0 N–H and O–H groups in total. The highest BCUT2D eigenvalue weighted by Gasteiger charge is 2.31. The molecular weight excluding hydrogens is 182 g/mol. The van der Waals surface area contributed by atoms with E-state index in [4.69, 9.17) is 0 Å². The molecule has 1 saturated heterocycles. The van der Waals surface area contributed by atoms with Crippen molar-refractivity contribution in [2.45, 2.75) is 58.9 Å². The number of nitrogens with zero attached hydrogens (tertiary/aromatic N) is 1. The van der Waals surface area contributed by atoms with E-state index in [2.05, 4.69) is 25.7 Å². The van der Waals surface area contributed by atoms with E-state index >= 15 is 0 Å². The summed E-state index contributed by atoms with van der Waals surface area (Å²) in [6.45, 7) is 9.95. The van der Waals surface area contributed by atoms with E-state index in [1.54, 1.807) is 0 Å². The Bertz CT molecular complexity index is 194. The maximum absolute atomic E-state index is 2.80. The normalized spacial score (nSPS) is 33.6. The zero-order chi connectivity index (χ0) is 10.8. The molecule has 2 unspecified atom stereocenters. The van der Waals surface area contributed by atoms with Gasteiger partial charge in [-0.05, 0) is 56.4 Å². The summed E-state index contributed by atoms with van der Waals surface area (Å²) in [6.07, 6.45) is 7.30. The molecule has 2 fully saturated rings. The Morgan fingerprint density at radius 1 is 1.20 bits per heavy atom. The fourth-order valence-electron chi connectivity index (χ4n) is 2.96. The van der Waals surface area contributed by atoms with Crippen molar-refractivity contribution in [1.29, 1.82) is 0 Å². The number of likely N-dealkylation sites (tertiary alicyclic amines) is 1. The van der Waals surface area contributed by atoms with Crippen LogP contribution in [-0.2, 0) is 0 Å². The summed E-state index contributed by atoms with van der Waals surface area (Å²) in [6, 6.07) is 0.898. The smallest absolute Gasteiger partial charge is 0.0100 e. The first-order chi connectivity index (χ1) is 7.15. The molecule has 1 heteroatoms. The minimum Gasteiger partial charge on any atom is -0.300 e. The average Bonchev–Trinajstić information content (AvgIpc) is 2.92. The van der Waals surface area contributed by atoms with Gasteiger partial charge in [-0.3, -0.25) is 0 Å². The minimum absolute atomic E-state index is 0.863. The molecular formula is C14H27N. The molecule has 0 aromatic carbocycles. The number of hydrogen-bond donors (Lipinski definition) is 0. The summed E-state index contributed by atoms with van der Waals surface area (Å²) in [5.74, 6) is 2.89. The van der Waals surface area contributed by atoms with Crippen LogP contribution in [0.25, 0.3) is 0 Å². The fourth-order valence-corrected chi connectivity index (χ4v) is 2.96. The lowest BCUT2D eigenvalue weighted by molar-refractivity contribution is 0.0970. The van der Waals surface area contributed by atoms with Gasteiger partial charge in [-0.1, -0.05) is 20.8 Å². The molecule has 2 rings (SSSR count). The highest BCUT2D eigenvalue weighted by Crippen LogP contribution is 2.34. The van der Waals surface area contributed by atoms with E-state index in [9.17, 15) is 0 Å². The van der Waals surface area contributed by atoms with Crippen LogP contribution < -0.4 is 0 Å². The SMILES string of the molecule is CC(C)CC1CC(C)CCN1CC1CC1. The van der Waals surface area contributed by atoms with Gasteiger partial charge in [0, 0.05) is 12.6 Å². The lowest BCUT2D eigenvalue weighted by Crippen LogP contribution is -2.43. The van der Waals surface area contributed by atoms with Crippen molar-refractivity contribution in [2.75, 3.05) is 13.1 Å². The van der Waals surface area contributed by atoms with Crippen LogP contribution in [0.3, 0.4) is 0 Å². The number of piperidine rings is 1. The molecule has 0 aromatic heterocycles. The minimum atomic E-state index is 0.863. The molecule has 2 atom stereocenters. The van der Waals surface area contributed by atoms with Gasteiger partial charge < -0.3 is 4.90 Å². The van der Waals surface area contributed by atoms with Crippen molar-refractivity contribution in [1.82, 2.24) is 4.90 Å². The van der Waals surface area contributed by atoms with Crippen molar-refractivity contribution in [3.05, 3.63) is 0 Å². The molecule has 0 aromatic rings. The lowest BCUT2D eigenvalue weighted by atomic mass is 9.87. The Morgan fingerprint density at radius 3 is 2.53 bits per heavy atom. The van der Waals surface area contributed by atoms with Crippen molar-refractivity contribution >= 4 is 0 Å². The van der Waals surface area contributed by atoms with Gasteiger partial charge >= 0.3 is 0 Å². The molecule has 1 nitrogen and oxygen atoms in total. The van der Waals surface area contributed by atoms with Crippen LogP contribution in [0.2, 0.25) is 0 Å². The van der Waals surface area contributed by atoms with Gasteiger partial charge in [0.2, 0.25) is 0 Å². The quantitative estimate of drug-likeness (QED) is 0.684. The maximum Gasteiger partial charge on any atom is 0.0100 e. The van der Waals surface area contributed by atoms with Gasteiger partial charge in [0.15, 0.2) is 0 Å². The molecule has 2 aliphatic rings. The Hall–Kier alpha value is -0.0400. The molecule has 1 saturated carbocycles. The van der Waals surface area contributed by atoms with Gasteiger partial charge in [0.1, 0.15) is 0 Å². The van der Waals surface area contributed by atoms with Gasteiger partial charge in [-0.2, -0.15) is 0 Å². The summed E-state index contributed by atoms with van der Waals surface area (Å²) in [5.41, 5.74) is 0. The second-order valence-electron chi connectivity index (χ2n) is 6.35.